The van der Waals surface area contributed by atoms with Crippen molar-refractivity contribution < 1.29 is 8.42 Å². The van der Waals surface area contributed by atoms with E-state index in [1.165, 1.54) is 6.26 Å². The minimum Gasteiger partial charge on any atom is -0.373 e. The fraction of sp³-hybridized carbons (Fsp3) is 0.500. The third-order valence-corrected chi connectivity index (χ3v) is 3.56. The van der Waals surface area contributed by atoms with Gasteiger partial charge in [0.1, 0.15) is 9.84 Å². The predicted octanol–water partition coefficient (Wildman–Crippen LogP) is 1.19. The van der Waals surface area contributed by atoms with E-state index in [0.29, 0.717) is 6.54 Å². The lowest BCUT2D eigenvalue weighted by atomic mass is 10.1. The van der Waals surface area contributed by atoms with Gasteiger partial charge in [0, 0.05) is 31.6 Å². The number of sulfone groups is 1. The van der Waals surface area contributed by atoms with Gasteiger partial charge in [0.05, 0.1) is 5.75 Å². The van der Waals surface area contributed by atoms with E-state index in [0.717, 1.165) is 11.3 Å². The van der Waals surface area contributed by atoms with Crippen molar-refractivity contribution in [2.45, 2.75) is 13.0 Å². The molecule has 0 aliphatic carbocycles. The lowest BCUT2D eigenvalue weighted by Gasteiger charge is -2.23. The quantitative estimate of drug-likeness (QED) is 0.859. The maximum atomic E-state index is 11.1. The monoisotopic (exact) mass is 256 g/mol. The van der Waals surface area contributed by atoms with Crippen molar-refractivity contribution in [2.75, 3.05) is 30.5 Å². The van der Waals surface area contributed by atoms with Crippen molar-refractivity contribution in [3.8, 4) is 0 Å². The smallest absolute Gasteiger partial charge is 0.149 e. The first-order valence-electron chi connectivity index (χ1n) is 5.54. The van der Waals surface area contributed by atoms with Crippen LogP contribution in [0.4, 0.5) is 5.69 Å². The minimum atomic E-state index is -2.93. The van der Waals surface area contributed by atoms with E-state index in [4.69, 9.17) is 5.73 Å². The number of nitrogens with two attached hydrogens (primary N) is 1. The molecule has 5 heteroatoms. The highest BCUT2D eigenvalue weighted by atomic mass is 32.2. The van der Waals surface area contributed by atoms with Crippen LogP contribution in [0.15, 0.2) is 24.3 Å². The summed E-state index contributed by atoms with van der Waals surface area (Å²) in [5.41, 5.74) is 7.91. The van der Waals surface area contributed by atoms with Crippen LogP contribution < -0.4 is 10.6 Å². The highest BCUT2D eigenvalue weighted by Crippen LogP contribution is 2.23. The molecule has 1 rings (SSSR count). The fourth-order valence-corrected chi connectivity index (χ4v) is 2.25. The largest absolute Gasteiger partial charge is 0.373 e. The second-order valence-electron chi connectivity index (χ2n) is 4.40. The van der Waals surface area contributed by atoms with Gasteiger partial charge in [-0.3, -0.25) is 0 Å². The number of hydrogen-bond acceptors (Lipinski definition) is 4. The Labute approximate surface area is 103 Å². The molecule has 0 amide bonds. The molecule has 0 spiro atoms. The molecule has 1 aromatic rings. The van der Waals surface area contributed by atoms with Crippen LogP contribution in [-0.2, 0) is 9.84 Å². The van der Waals surface area contributed by atoms with E-state index in [1.807, 2.05) is 43.1 Å². The van der Waals surface area contributed by atoms with Crippen LogP contribution >= 0.6 is 0 Å². The Morgan fingerprint density at radius 1 is 1.35 bits per heavy atom. The maximum Gasteiger partial charge on any atom is 0.149 e. The van der Waals surface area contributed by atoms with E-state index < -0.39 is 9.84 Å². The zero-order valence-corrected chi connectivity index (χ0v) is 11.4. The Bertz CT molecular complexity index is 469. The van der Waals surface area contributed by atoms with Gasteiger partial charge in [-0.1, -0.05) is 18.2 Å². The zero-order chi connectivity index (χ0) is 13.1. The molecule has 0 fully saturated rings. The molecule has 1 atom stereocenters. The van der Waals surface area contributed by atoms with Crippen molar-refractivity contribution >= 4 is 15.5 Å². The first-order valence-corrected chi connectivity index (χ1v) is 7.60. The molecule has 0 radical (unpaired) electrons. The summed E-state index contributed by atoms with van der Waals surface area (Å²) in [4.78, 5) is 1.93. The van der Waals surface area contributed by atoms with Crippen molar-refractivity contribution in [3.63, 3.8) is 0 Å². The Morgan fingerprint density at radius 3 is 2.47 bits per heavy atom. The van der Waals surface area contributed by atoms with Crippen molar-refractivity contribution in [1.82, 2.24) is 0 Å². The van der Waals surface area contributed by atoms with E-state index >= 15 is 0 Å². The molecular weight excluding hydrogens is 236 g/mol. The SMILES string of the molecule is C[C@@H](N)c1ccccc1N(C)CCS(C)(=O)=O. The highest BCUT2D eigenvalue weighted by Gasteiger charge is 2.11. The molecule has 2 N–H and O–H groups in total. The molecule has 0 heterocycles. The molecule has 0 saturated carbocycles. The summed E-state index contributed by atoms with van der Waals surface area (Å²) >= 11 is 0. The van der Waals surface area contributed by atoms with Crippen molar-refractivity contribution in [1.29, 1.82) is 0 Å². The van der Waals surface area contributed by atoms with Gasteiger partial charge in [0.15, 0.2) is 0 Å². The number of anilines is 1. The van der Waals surface area contributed by atoms with Crippen molar-refractivity contribution in [2.24, 2.45) is 5.73 Å². The van der Waals surface area contributed by atoms with Crippen LogP contribution in [0.2, 0.25) is 0 Å². The number of nitrogens with zero attached hydrogens (tertiary/aromatic N) is 1. The summed E-state index contributed by atoms with van der Waals surface area (Å²) in [6, 6.07) is 7.73. The van der Waals surface area contributed by atoms with Gasteiger partial charge in [-0.2, -0.15) is 0 Å². The Hall–Kier alpha value is -1.07. The average Bonchev–Trinajstić information content (AvgIpc) is 2.25. The second-order valence-corrected chi connectivity index (χ2v) is 6.66. The Kier molecular flexibility index (Phi) is 4.54. The molecule has 1 aromatic carbocycles. The summed E-state index contributed by atoms with van der Waals surface area (Å²) in [5.74, 6) is 0.150. The highest BCUT2D eigenvalue weighted by molar-refractivity contribution is 7.90. The van der Waals surface area contributed by atoms with Crippen LogP contribution in [0.5, 0.6) is 0 Å². The number of rotatable bonds is 5. The normalized spacial score (nSPS) is 13.4. The molecular formula is C12H20N2O2S. The summed E-state index contributed by atoms with van der Waals surface area (Å²) < 4.78 is 22.3. The summed E-state index contributed by atoms with van der Waals surface area (Å²) in [7, 11) is -1.05. The van der Waals surface area contributed by atoms with Crippen LogP contribution in [0.1, 0.15) is 18.5 Å². The van der Waals surface area contributed by atoms with Crippen LogP contribution in [0, 0.1) is 0 Å². The lowest BCUT2D eigenvalue weighted by Crippen LogP contribution is -2.26. The van der Waals surface area contributed by atoms with E-state index in [1.54, 1.807) is 0 Å². The molecule has 4 nitrogen and oxygen atoms in total. The van der Waals surface area contributed by atoms with Crippen LogP contribution in [0.25, 0.3) is 0 Å². The Morgan fingerprint density at radius 2 is 1.94 bits per heavy atom. The van der Waals surface area contributed by atoms with Gasteiger partial charge in [-0.05, 0) is 18.6 Å². The number of hydrogen-bond donors (Lipinski definition) is 1. The van der Waals surface area contributed by atoms with Gasteiger partial charge in [0.25, 0.3) is 0 Å². The summed E-state index contributed by atoms with van der Waals surface area (Å²) in [6.45, 7) is 2.39. The number of benzene rings is 1. The van der Waals surface area contributed by atoms with Crippen molar-refractivity contribution in [3.05, 3.63) is 29.8 Å². The van der Waals surface area contributed by atoms with Gasteiger partial charge in [-0.15, -0.1) is 0 Å². The Balaban J connectivity index is 2.85. The van der Waals surface area contributed by atoms with Gasteiger partial charge in [-0.25, -0.2) is 8.42 Å². The van der Waals surface area contributed by atoms with Gasteiger partial charge in [0.2, 0.25) is 0 Å². The topological polar surface area (TPSA) is 63.4 Å². The summed E-state index contributed by atoms with van der Waals surface area (Å²) in [6.07, 6.45) is 1.25. The molecule has 0 aliphatic heterocycles. The summed E-state index contributed by atoms with van der Waals surface area (Å²) in [5, 5.41) is 0. The molecule has 0 unspecified atom stereocenters. The second kappa shape index (κ2) is 5.51. The van der Waals surface area contributed by atoms with Gasteiger partial charge < -0.3 is 10.6 Å². The fourth-order valence-electron chi connectivity index (χ4n) is 1.64. The number of para-hydroxylation sites is 1. The molecule has 0 bridgehead atoms. The third kappa shape index (κ3) is 4.36. The lowest BCUT2D eigenvalue weighted by molar-refractivity contribution is 0.601. The first kappa shape index (κ1) is 14.0. The van der Waals surface area contributed by atoms with Gasteiger partial charge >= 0.3 is 0 Å². The van der Waals surface area contributed by atoms with Crippen LogP contribution in [0.3, 0.4) is 0 Å². The van der Waals surface area contributed by atoms with Crippen LogP contribution in [-0.4, -0.2) is 34.0 Å². The molecule has 17 heavy (non-hydrogen) atoms. The minimum absolute atomic E-state index is 0.0631. The molecule has 96 valence electrons. The molecule has 0 saturated heterocycles. The average molecular weight is 256 g/mol. The van der Waals surface area contributed by atoms with E-state index in [2.05, 4.69) is 0 Å². The predicted molar refractivity (Wildman–Crippen MR) is 72.0 cm³/mol. The van der Waals surface area contributed by atoms with E-state index in [9.17, 15) is 8.42 Å². The van der Waals surface area contributed by atoms with E-state index in [-0.39, 0.29) is 11.8 Å². The maximum absolute atomic E-state index is 11.1. The molecule has 0 aromatic heterocycles. The standard InChI is InChI=1S/C12H20N2O2S/c1-10(13)11-6-4-5-7-12(11)14(2)8-9-17(3,15)16/h4-7,10H,8-9,13H2,1-3H3/t10-/m1/s1. The molecule has 0 aliphatic rings. The third-order valence-electron chi connectivity index (χ3n) is 2.64. The zero-order valence-electron chi connectivity index (χ0n) is 10.6. The first-order chi connectivity index (χ1) is 7.81.